The van der Waals surface area contributed by atoms with Crippen molar-refractivity contribution in [3.8, 4) is 0 Å². The highest BCUT2D eigenvalue weighted by molar-refractivity contribution is 14.0. The quantitative estimate of drug-likeness (QED) is 0.230. The fourth-order valence-corrected chi connectivity index (χ4v) is 3.42. The van der Waals surface area contributed by atoms with E-state index in [9.17, 15) is 0 Å². The van der Waals surface area contributed by atoms with E-state index in [-0.39, 0.29) is 29.4 Å². The third kappa shape index (κ3) is 7.23. The van der Waals surface area contributed by atoms with Crippen LogP contribution in [0.5, 0.6) is 0 Å². The zero-order chi connectivity index (χ0) is 18.1. The predicted octanol–water partition coefficient (Wildman–Crippen LogP) is 3.48. The summed E-state index contributed by atoms with van der Waals surface area (Å²) < 4.78 is 11.3. The lowest BCUT2D eigenvalue weighted by molar-refractivity contribution is 0.0168. The SMILES string of the molecule is CCNC(=NCC1(c2ccccc2)CC1)NCCCOCC1CCCO1.I. The Hall–Kier alpha value is -0.860. The summed E-state index contributed by atoms with van der Waals surface area (Å²) in [5.41, 5.74) is 1.68. The van der Waals surface area contributed by atoms with Crippen molar-refractivity contribution in [3.05, 3.63) is 35.9 Å². The Labute approximate surface area is 180 Å². The van der Waals surface area contributed by atoms with Gasteiger partial charge in [-0.2, -0.15) is 0 Å². The first-order chi connectivity index (χ1) is 12.8. The van der Waals surface area contributed by atoms with Crippen LogP contribution in [-0.4, -0.2) is 51.5 Å². The van der Waals surface area contributed by atoms with Crippen LogP contribution in [0.3, 0.4) is 0 Å². The number of nitrogens with one attached hydrogen (secondary N) is 2. The lowest BCUT2D eigenvalue weighted by atomic mass is 9.96. The molecule has 1 aromatic rings. The van der Waals surface area contributed by atoms with Gasteiger partial charge in [0.1, 0.15) is 0 Å². The molecule has 2 fully saturated rings. The van der Waals surface area contributed by atoms with Crippen LogP contribution in [-0.2, 0) is 14.9 Å². The van der Waals surface area contributed by atoms with Crippen LogP contribution in [0, 0.1) is 0 Å². The van der Waals surface area contributed by atoms with Gasteiger partial charge in [-0.3, -0.25) is 4.99 Å². The molecule has 3 rings (SSSR count). The Bertz CT molecular complexity index is 558. The van der Waals surface area contributed by atoms with Crippen LogP contribution < -0.4 is 10.6 Å². The molecule has 0 spiro atoms. The van der Waals surface area contributed by atoms with Crippen LogP contribution in [0.25, 0.3) is 0 Å². The van der Waals surface area contributed by atoms with E-state index in [4.69, 9.17) is 14.5 Å². The summed E-state index contributed by atoms with van der Waals surface area (Å²) in [6, 6.07) is 10.8. The molecule has 0 aromatic heterocycles. The summed E-state index contributed by atoms with van der Waals surface area (Å²) in [7, 11) is 0. The van der Waals surface area contributed by atoms with Crippen LogP contribution >= 0.6 is 24.0 Å². The summed E-state index contributed by atoms with van der Waals surface area (Å²) in [5, 5.41) is 6.78. The molecule has 27 heavy (non-hydrogen) atoms. The van der Waals surface area contributed by atoms with Crippen molar-refractivity contribution in [3.63, 3.8) is 0 Å². The van der Waals surface area contributed by atoms with E-state index in [1.807, 2.05) is 0 Å². The Balaban J connectivity index is 0.00000261. The van der Waals surface area contributed by atoms with Crippen LogP contribution in [0.15, 0.2) is 35.3 Å². The highest BCUT2D eigenvalue weighted by atomic mass is 127. The molecule has 1 heterocycles. The first-order valence-electron chi connectivity index (χ1n) is 10.1. The Morgan fingerprint density at radius 1 is 1.26 bits per heavy atom. The van der Waals surface area contributed by atoms with Crippen molar-refractivity contribution in [1.82, 2.24) is 10.6 Å². The number of nitrogens with zero attached hydrogens (tertiary/aromatic N) is 1. The van der Waals surface area contributed by atoms with Crippen molar-refractivity contribution in [2.45, 2.75) is 50.5 Å². The molecule has 1 aliphatic heterocycles. The summed E-state index contributed by atoms with van der Waals surface area (Å²) in [4.78, 5) is 4.84. The number of halogens is 1. The molecule has 1 saturated heterocycles. The predicted molar refractivity (Wildman–Crippen MR) is 121 cm³/mol. The Kier molecular flexibility index (Phi) is 9.86. The number of hydrogen-bond acceptors (Lipinski definition) is 3. The molecular formula is C21H34IN3O2. The minimum absolute atomic E-state index is 0. The number of guanidine groups is 1. The molecule has 2 aliphatic rings. The van der Waals surface area contributed by atoms with Gasteiger partial charge in [0.2, 0.25) is 0 Å². The topological polar surface area (TPSA) is 54.9 Å². The standard InChI is InChI=1S/C21H33N3O2.HI/c1-2-22-20(23-13-7-14-25-16-19-10-6-15-26-19)24-17-21(11-12-21)18-8-4-3-5-9-18;/h3-5,8-9,19H,2,6-7,10-17H2,1H3,(H2,22,23,24);1H. The normalized spacial score (nSPS) is 20.8. The van der Waals surface area contributed by atoms with Gasteiger partial charge in [-0.05, 0) is 44.6 Å². The summed E-state index contributed by atoms with van der Waals surface area (Å²) >= 11 is 0. The van der Waals surface area contributed by atoms with Gasteiger partial charge in [-0.15, -0.1) is 24.0 Å². The molecule has 1 aliphatic carbocycles. The van der Waals surface area contributed by atoms with Crippen LogP contribution in [0.2, 0.25) is 0 Å². The molecule has 1 atom stereocenters. The maximum absolute atomic E-state index is 5.72. The van der Waals surface area contributed by atoms with E-state index in [0.717, 1.165) is 58.3 Å². The summed E-state index contributed by atoms with van der Waals surface area (Å²) in [6.45, 7) is 7.08. The van der Waals surface area contributed by atoms with Gasteiger partial charge in [0.15, 0.2) is 5.96 Å². The van der Waals surface area contributed by atoms with Crippen LogP contribution in [0.1, 0.15) is 44.6 Å². The largest absolute Gasteiger partial charge is 0.379 e. The number of rotatable bonds is 10. The zero-order valence-corrected chi connectivity index (χ0v) is 18.7. The van der Waals surface area contributed by atoms with E-state index in [1.165, 1.54) is 24.8 Å². The number of aliphatic imine (C=N–C) groups is 1. The third-order valence-corrected chi connectivity index (χ3v) is 5.21. The third-order valence-electron chi connectivity index (χ3n) is 5.21. The van der Waals surface area contributed by atoms with Gasteiger partial charge < -0.3 is 20.1 Å². The fraction of sp³-hybridized carbons (Fsp3) is 0.667. The monoisotopic (exact) mass is 487 g/mol. The van der Waals surface area contributed by atoms with E-state index >= 15 is 0 Å². The average Bonchev–Trinajstić information content (AvgIpc) is 3.29. The molecule has 1 unspecified atom stereocenters. The maximum Gasteiger partial charge on any atom is 0.191 e. The van der Waals surface area contributed by atoms with Crippen molar-refractivity contribution >= 4 is 29.9 Å². The maximum atomic E-state index is 5.72. The summed E-state index contributed by atoms with van der Waals surface area (Å²) in [5.74, 6) is 0.911. The highest BCUT2D eigenvalue weighted by Gasteiger charge is 2.43. The molecule has 6 heteroatoms. The smallest absolute Gasteiger partial charge is 0.191 e. The van der Waals surface area contributed by atoms with Crippen LogP contribution in [0.4, 0.5) is 0 Å². The van der Waals surface area contributed by atoms with Gasteiger partial charge in [0.05, 0.1) is 19.3 Å². The molecule has 0 radical (unpaired) electrons. The van der Waals surface area contributed by atoms with E-state index < -0.39 is 0 Å². The average molecular weight is 487 g/mol. The highest BCUT2D eigenvalue weighted by Crippen LogP contribution is 2.48. The number of hydrogen-bond donors (Lipinski definition) is 2. The first kappa shape index (κ1) is 22.4. The minimum atomic E-state index is 0. The first-order valence-corrected chi connectivity index (χ1v) is 10.1. The molecule has 0 bridgehead atoms. The Morgan fingerprint density at radius 3 is 2.74 bits per heavy atom. The lowest BCUT2D eigenvalue weighted by Crippen LogP contribution is -2.38. The second-order valence-electron chi connectivity index (χ2n) is 7.33. The lowest BCUT2D eigenvalue weighted by Gasteiger charge is -2.16. The molecule has 1 aromatic carbocycles. The van der Waals surface area contributed by atoms with E-state index in [0.29, 0.717) is 6.10 Å². The Morgan fingerprint density at radius 2 is 2.07 bits per heavy atom. The van der Waals surface area contributed by atoms with Crippen molar-refractivity contribution in [2.24, 2.45) is 4.99 Å². The zero-order valence-electron chi connectivity index (χ0n) is 16.4. The van der Waals surface area contributed by atoms with Gasteiger partial charge in [0, 0.05) is 31.7 Å². The number of ether oxygens (including phenoxy) is 2. The molecule has 1 saturated carbocycles. The molecule has 2 N–H and O–H groups in total. The number of benzene rings is 1. The molecule has 0 amide bonds. The second-order valence-corrected chi connectivity index (χ2v) is 7.33. The van der Waals surface area contributed by atoms with Gasteiger partial charge >= 0.3 is 0 Å². The van der Waals surface area contributed by atoms with Crippen molar-refractivity contribution < 1.29 is 9.47 Å². The molecule has 152 valence electrons. The van der Waals surface area contributed by atoms with Crippen molar-refractivity contribution in [2.75, 3.05) is 39.5 Å². The van der Waals surface area contributed by atoms with Gasteiger partial charge in [-0.1, -0.05) is 30.3 Å². The second kappa shape index (κ2) is 11.9. The minimum Gasteiger partial charge on any atom is -0.379 e. The van der Waals surface area contributed by atoms with Gasteiger partial charge in [0.25, 0.3) is 0 Å². The molecular weight excluding hydrogens is 453 g/mol. The van der Waals surface area contributed by atoms with E-state index in [1.54, 1.807) is 0 Å². The van der Waals surface area contributed by atoms with Gasteiger partial charge in [-0.25, -0.2) is 0 Å². The summed E-state index contributed by atoms with van der Waals surface area (Å²) in [6.07, 6.45) is 6.06. The molecule has 5 nitrogen and oxygen atoms in total. The van der Waals surface area contributed by atoms with Crippen molar-refractivity contribution in [1.29, 1.82) is 0 Å². The van der Waals surface area contributed by atoms with E-state index in [2.05, 4.69) is 47.9 Å². The fourth-order valence-electron chi connectivity index (χ4n) is 3.42.